The molecule has 28 heavy (non-hydrogen) atoms. The number of benzene rings is 1. The number of aryl methyl sites for hydroxylation is 2. The molecule has 6 nitrogen and oxygen atoms in total. The topological polar surface area (TPSA) is 71.8 Å². The Hall–Kier alpha value is -1.83. The van der Waals surface area contributed by atoms with Crippen LogP contribution in [0.5, 0.6) is 5.75 Å². The first-order valence-corrected chi connectivity index (χ1v) is 11.4. The zero-order chi connectivity index (χ0) is 20.1. The van der Waals surface area contributed by atoms with Gasteiger partial charge in [0, 0.05) is 18.7 Å². The van der Waals surface area contributed by atoms with E-state index >= 15 is 0 Å². The van der Waals surface area contributed by atoms with Gasteiger partial charge in [0.2, 0.25) is 10.0 Å². The van der Waals surface area contributed by atoms with Gasteiger partial charge in [-0.15, -0.1) is 0 Å². The molecule has 3 rings (SSSR count). The SMILES string of the molecule is CCOc1ccc(S(=O)(=O)NCC2CCN(Cc3cc(C)oc3C)CC2)cc1. The number of hydrogen-bond donors (Lipinski definition) is 1. The quantitative estimate of drug-likeness (QED) is 0.727. The third-order valence-corrected chi connectivity index (χ3v) is 6.69. The monoisotopic (exact) mass is 406 g/mol. The minimum Gasteiger partial charge on any atom is -0.494 e. The Bertz CT molecular complexity index is 866. The van der Waals surface area contributed by atoms with E-state index in [9.17, 15) is 8.42 Å². The molecule has 1 aromatic carbocycles. The second-order valence-electron chi connectivity index (χ2n) is 7.41. The number of nitrogens with zero attached hydrogens (tertiary/aromatic N) is 1. The zero-order valence-corrected chi connectivity index (χ0v) is 17.7. The van der Waals surface area contributed by atoms with Crippen molar-refractivity contribution in [3.8, 4) is 5.75 Å². The van der Waals surface area contributed by atoms with Crippen molar-refractivity contribution < 1.29 is 17.6 Å². The van der Waals surface area contributed by atoms with Gasteiger partial charge in [0.25, 0.3) is 0 Å². The fourth-order valence-corrected chi connectivity index (χ4v) is 4.74. The Balaban J connectivity index is 1.47. The van der Waals surface area contributed by atoms with E-state index in [0.717, 1.165) is 44.0 Å². The summed E-state index contributed by atoms with van der Waals surface area (Å²) in [5.41, 5.74) is 1.24. The summed E-state index contributed by atoms with van der Waals surface area (Å²) < 4.78 is 38.8. The second-order valence-corrected chi connectivity index (χ2v) is 9.18. The highest BCUT2D eigenvalue weighted by atomic mass is 32.2. The zero-order valence-electron chi connectivity index (χ0n) is 16.9. The molecule has 1 fully saturated rings. The maximum atomic E-state index is 12.5. The van der Waals surface area contributed by atoms with Crippen molar-refractivity contribution in [3.05, 3.63) is 47.4 Å². The summed E-state index contributed by atoms with van der Waals surface area (Å²) in [5, 5.41) is 0. The minimum atomic E-state index is -3.49. The number of sulfonamides is 1. The first-order valence-electron chi connectivity index (χ1n) is 9.88. The number of nitrogens with one attached hydrogen (secondary N) is 1. The van der Waals surface area contributed by atoms with Gasteiger partial charge in [0.15, 0.2) is 0 Å². The van der Waals surface area contributed by atoms with Crippen molar-refractivity contribution in [2.75, 3.05) is 26.2 Å². The van der Waals surface area contributed by atoms with Gasteiger partial charge in [-0.25, -0.2) is 13.1 Å². The van der Waals surface area contributed by atoms with Gasteiger partial charge in [0.05, 0.1) is 11.5 Å². The van der Waals surface area contributed by atoms with E-state index in [1.54, 1.807) is 24.3 Å². The van der Waals surface area contributed by atoms with E-state index in [0.29, 0.717) is 24.8 Å². The lowest BCUT2D eigenvalue weighted by molar-refractivity contribution is 0.178. The molecule has 0 bridgehead atoms. The number of rotatable bonds is 8. The average molecular weight is 407 g/mol. The molecule has 0 aliphatic carbocycles. The highest BCUT2D eigenvalue weighted by molar-refractivity contribution is 7.89. The summed E-state index contributed by atoms with van der Waals surface area (Å²) >= 11 is 0. The maximum Gasteiger partial charge on any atom is 0.240 e. The van der Waals surface area contributed by atoms with Crippen LogP contribution in [0.25, 0.3) is 0 Å². The molecule has 1 saturated heterocycles. The highest BCUT2D eigenvalue weighted by Gasteiger charge is 2.23. The molecule has 0 spiro atoms. The summed E-state index contributed by atoms with van der Waals surface area (Å²) in [4.78, 5) is 2.69. The average Bonchev–Trinajstić information content (AvgIpc) is 2.99. The molecule has 2 aromatic rings. The number of hydrogen-bond acceptors (Lipinski definition) is 5. The van der Waals surface area contributed by atoms with Gasteiger partial charge in [-0.3, -0.25) is 4.90 Å². The predicted octanol–water partition coefficient (Wildman–Crippen LogP) is 3.49. The Morgan fingerprint density at radius 1 is 1.18 bits per heavy atom. The van der Waals surface area contributed by atoms with Crippen LogP contribution in [-0.2, 0) is 16.6 Å². The van der Waals surface area contributed by atoms with Crippen LogP contribution in [0.3, 0.4) is 0 Å². The van der Waals surface area contributed by atoms with Crippen LogP contribution in [0.2, 0.25) is 0 Å². The van der Waals surface area contributed by atoms with Crippen LogP contribution in [0.1, 0.15) is 36.8 Å². The maximum absolute atomic E-state index is 12.5. The van der Waals surface area contributed by atoms with Crippen LogP contribution >= 0.6 is 0 Å². The largest absolute Gasteiger partial charge is 0.494 e. The molecule has 1 aliphatic rings. The van der Waals surface area contributed by atoms with E-state index in [1.165, 1.54) is 5.56 Å². The molecule has 0 amide bonds. The van der Waals surface area contributed by atoms with Crippen LogP contribution in [-0.4, -0.2) is 39.6 Å². The summed E-state index contributed by atoms with van der Waals surface area (Å²) in [6.07, 6.45) is 1.98. The van der Waals surface area contributed by atoms with Crippen LogP contribution in [0.15, 0.2) is 39.6 Å². The predicted molar refractivity (Wildman–Crippen MR) is 109 cm³/mol. The lowest BCUT2D eigenvalue weighted by atomic mass is 9.97. The van der Waals surface area contributed by atoms with Crippen LogP contribution < -0.4 is 9.46 Å². The van der Waals surface area contributed by atoms with E-state index < -0.39 is 10.0 Å². The van der Waals surface area contributed by atoms with Crippen molar-refractivity contribution in [2.24, 2.45) is 5.92 Å². The van der Waals surface area contributed by atoms with Gasteiger partial charge in [-0.2, -0.15) is 0 Å². The number of piperidine rings is 1. The minimum absolute atomic E-state index is 0.277. The van der Waals surface area contributed by atoms with Gasteiger partial charge < -0.3 is 9.15 Å². The van der Waals surface area contributed by atoms with Gasteiger partial charge in [-0.1, -0.05) is 0 Å². The first kappa shape index (κ1) is 20.9. The summed E-state index contributed by atoms with van der Waals surface area (Å²) in [5.74, 6) is 2.98. The molecular weight excluding hydrogens is 376 g/mol. The van der Waals surface area contributed by atoms with Gasteiger partial charge in [0.1, 0.15) is 17.3 Å². The molecule has 2 heterocycles. The summed E-state index contributed by atoms with van der Waals surface area (Å²) in [6, 6.07) is 8.66. The van der Waals surface area contributed by atoms with Crippen molar-refractivity contribution >= 4 is 10.0 Å². The van der Waals surface area contributed by atoms with E-state index in [2.05, 4.69) is 15.7 Å². The van der Waals surface area contributed by atoms with Crippen molar-refractivity contribution in [1.82, 2.24) is 9.62 Å². The standard InChI is InChI=1S/C21H30N2O4S/c1-4-26-20-5-7-21(8-6-20)28(24,25)22-14-18-9-11-23(12-10-18)15-19-13-16(2)27-17(19)3/h5-8,13,18,22H,4,9-12,14-15H2,1-3H3. The Morgan fingerprint density at radius 2 is 1.86 bits per heavy atom. The van der Waals surface area contributed by atoms with Gasteiger partial charge in [-0.05, 0) is 83.0 Å². The molecule has 1 aliphatic heterocycles. The lowest BCUT2D eigenvalue weighted by Crippen LogP contribution is -2.38. The molecular formula is C21H30N2O4S. The van der Waals surface area contributed by atoms with E-state index in [4.69, 9.17) is 9.15 Å². The third-order valence-electron chi connectivity index (χ3n) is 5.25. The first-order chi connectivity index (χ1) is 13.4. The fraction of sp³-hybridized carbons (Fsp3) is 0.524. The molecule has 154 valence electrons. The van der Waals surface area contributed by atoms with E-state index in [-0.39, 0.29) is 4.90 Å². The van der Waals surface area contributed by atoms with Crippen LogP contribution in [0.4, 0.5) is 0 Å². The van der Waals surface area contributed by atoms with Crippen molar-refractivity contribution in [3.63, 3.8) is 0 Å². The lowest BCUT2D eigenvalue weighted by Gasteiger charge is -2.31. The molecule has 0 saturated carbocycles. The highest BCUT2D eigenvalue weighted by Crippen LogP contribution is 2.22. The van der Waals surface area contributed by atoms with Crippen molar-refractivity contribution in [1.29, 1.82) is 0 Å². The molecule has 1 N–H and O–H groups in total. The molecule has 0 atom stereocenters. The third kappa shape index (κ3) is 5.37. The Kier molecular flexibility index (Phi) is 6.80. The smallest absolute Gasteiger partial charge is 0.240 e. The second kappa shape index (κ2) is 9.11. The van der Waals surface area contributed by atoms with Gasteiger partial charge >= 0.3 is 0 Å². The fourth-order valence-electron chi connectivity index (χ4n) is 3.62. The molecule has 0 radical (unpaired) electrons. The Labute approximate surface area is 167 Å². The Morgan fingerprint density at radius 3 is 2.43 bits per heavy atom. The van der Waals surface area contributed by atoms with E-state index in [1.807, 2.05) is 20.8 Å². The van der Waals surface area contributed by atoms with Crippen molar-refractivity contribution in [2.45, 2.75) is 45.1 Å². The molecule has 7 heteroatoms. The number of likely N-dealkylation sites (tertiary alicyclic amines) is 1. The number of furan rings is 1. The molecule has 1 aromatic heterocycles. The summed E-state index contributed by atoms with van der Waals surface area (Å²) in [7, 11) is -3.49. The normalized spacial score (nSPS) is 16.4. The number of ether oxygens (including phenoxy) is 1. The summed E-state index contributed by atoms with van der Waals surface area (Å²) in [6.45, 7) is 9.75. The molecule has 0 unspecified atom stereocenters. The van der Waals surface area contributed by atoms with Crippen LogP contribution in [0, 0.1) is 19.8 Å².